The van der Waals surface area contributed by atoms with Crippen LogP contribution >= 0.6 is 0 Å². The first kappa shape index (κ1) is 12.9. The zero-order valence-electron chi connectivity index (χ0n) is 10.5. The van der Waals surface area contributed by atoms with E-state index >= 15 is 0 Å². The van der Waals surface area contributed by atoms with Gasteiger partial charge in [-0.3, -0.25) is 4.90 Å². The average Bonchev–Trinajstić information content (AvgIpc) is 3.03. The molecule has 90 valence electrons. The molecule has 1 rings (SSSR count). The van der Waals surface area contributed by atoms with Gasteiger partial charge in [0.25, 0.3) is 0 Å². The van der Waals surface area contributed by atoms with E-state index in [1.165, 1.54) is 19.3 Å². The van der Waals surface area contributed by atoms with Gasteiger partial charge in [0.1, 0.15) is 0 Å². The summed E-state index contributed by atoms with van der Waals surface area (Å²) in [4.78, 5) is 2.53. The van der Waals surface area contributed by atoms with Crippen molar-refractivity contribution in [1.82, 2.24) is 4.90 Å². The second-order valence-electron chi connectivity index (χ2n) is 4.92. The lowest BCUT2D eigenvalue weighted by atomic mass is 10.1. The van der Waals surface area contributed by atoms with Crippen LogP contribution in [0.25, 0.3) is 0 Å². The third-order valence-corrected chi connectivity index (χ3v) is 3.73. The van der Waals surface area contributed by atoms with Crippen LogP contribution in [-0.2, 0) is 4.74 Å². The molecule has 1 fully saturated rings. The van der Waals surface area contributed by atoms with Crippen LogP contribution in [0.4, 0.5) is 0 Å². The number of methoxy groups -OCH3 is 1. The molecule has 1 atom stereocenters. The molecular formula is C12H26N2O. The van der Waals surface area contributed by atoms with Crippen LogP contribution in [-0.4, -0.2) is 44.3 Å². The van der Waals surface area contributed by atoms with Crippen molar-refractivity contribution < 1.29 is 4.74 Å². The second kappa shape index (κ2) is 5.83. The molecule has 0 spiro atoms. The SMILES string of the molecule is CCC(C)N(CCOC)CC1(CN)CC1. The maximum Gasteiger partial charge on any atom is 0.0589 e. The third-order valence-electron chi connectivity index (χ3n) is 3.73. The first-order valence-corrected chi connectivity index (χ1v) is 6.10. The van der Waals surface area contributed by atoms with Gasteiger partial charge in [0, 0.05) is 26.2 Å². The number of nitrogens with two attached hydrogens (primary N) is 1. The van der Waals surface area contributed by atoms with Crippen LogP contribution in [0.3, 0.4) is 0 Å². The Bertz CT molecular complexity index is 180. The lowest BCUT2D eigenvalue weighted by Gasteiger charge is -2.31. The fraction of sp³-hybridized carbons (Fsp3) is 1.00. The quantitative estimate of drug-likeness (QED) is 0.665. The molecule has 3 heteroatoms. The van der Waals surface area contributed by atoms with Crippen LogP contribution in [0.2, 0.25) is 0 Å². The molecule has 0 amide bonds. The molecule has 0 saturated heterocycles. The minimum Gasteiger partial charge on any atom is -0.383 e. The van der Waals surface area contributed by atoms with Gasteiger partial charge in [-0.2, -0.15) is 0 Å². The zero-order valence-corrected chi connectivity index (χ0v) is 10.5. The van der Waals surface area contributed by atoms with E-state index in [9.17, 15) is 0 Å². The summed E-state index contributed by atoms with van der Waals surface area (Å²) < 4.78 is 5.16. The van der Waals surface area contributed by atoms with E-state index in [1.807, 2.05) is 0 Å². The van der Waals surface area contributed by atoms with E-state index in [0.717, 1.165) is 26.2 Å². The summed E-state index contributed by atoms with van der Waals surface area (Å²) in [6.07, 6.45) is 3.82. The lowest BCUT2D eigenvalue weighted by Crippen LogP contribution is -2.41. The molecule has 0 radical (unpaired) electrons. The molecule has 1 aliphatic rings. The molecule has 1 aliphatic carbocycles. The van der Waals surface area contributed by atoms with Crippen molar-refractivity contribution in [3.05, 3.63) is 0 Å². The second-order valence-corrected chi connectivity index (χ2v) is 4.92. The van der Waals surface area contributed by atoms with Crippen molar-refractivity contribution >= 4 is 0 Å². The van der Waals surface area contributed by atoms with E-state index in [2.05, 4.69) is 18.7 Å². The van der Waals surface area contributed by atoms with Gasteiger partial charge in [-0.1, -0.05) is 6.92 Å². The summed E-state index contributed by atoms with van der Waals surface area (Å²) in [6, 6.07) is 0.643. The summed E-state index contributed by atoms with van der Waals surface area (Å²) in [5, 5.41) is 0. The fourth-order valence-corrected chi connectivity index (χ4v) is 1.96. The number of hydrogen-bond acceptors (Lipinski definition) is 3. The van der Waals surface area contributed by atoms with Gasteiger partial charge in [0.05, 0.1) is 6.61 Å². The van der Waals surface area contributed by atoms with Gasteiger partial charge >= 0.3 is 0 Å². The Morgan fingerprint density at radius 1 is 1.47 bits per heavy atom. The Morgan fingerprint density at radius 3 is 2.53 bits per heavy atom. The van der Waals surface area contributed by atoms with Gasteiger partial charge in [0.15, 0.2) is 0 Å². The van der Waals surface area contributed by atoms with Crippen LogP contribution in [0.5, 0.6) is 0 Å². The molecule has 2 N–H and O–H groups in total. The van der Waals surface area contributed by atoms with Crippen molar-refractivity contribution in [2.75, 3.05) is 33.4 Å². The Kier molecular flexibility index (Phi) is 5.03. The van der Waals surface area contributed by atoms with Crippen LogP contribution in [0, 0.1) is 5.41 Å². The maximum atomic E-state index is 5.83. The van der Waals surface area contributed by atoms with Gasteiger partial charge in [-0.25, -0.2) is 0 Å². The average molecular weight is 214 g/mol. The van der Waals surface area contributed by atoms with Crippen LogP contribution < -0.4 is 5.73 Å². The smallest absolute Gasteiger partial charge is 0.0589 e. The highest BCUT2D eigenvalue weighted by Crippen LogP contribution is 2.45. The molecule has 0 heterocycles. The molecule has 0 aromatic rings. The van der Waals surface area contributed by atoms with Gasteiger partial charge in [-0.05, 0) is 38.1 Å². The molecular weight excluding hydrogens is 188 g/mol. The molecule has 0 aromatic carbocycles. The largest absolute Gasteiger partial charge is 0.383 e. The number of ether oxygens (including phenoxy) is 1. The molecule has 0 aromatic heterocycles. The first-order chi connectivity index (χ1) is 7.17. The molecule has 1 unspecified atom stereocenters. The van der Waals surface area contributed by atoms with Crippen molar-refractivity contribution in [2.45, 2.75) is 39.2 Å². The summed E-state index contributed by atoms with van der Waals surface area (Å²) >= 11 is 0. The van der Waals surface area contributed by atoms with E-state index in [-0.39, 0.29) is 0 Å². The lowest BCUT2D eigenvalue weighted by molar-refractivity contribution is 0.106. The van der Waals surface area contributed by atoms with Crippen molar-refractivity contribution in [3.63, 3.8) is 0 Å². The Morgan fingerprint density at radius 2 is 2.13 bits per heavy atom. The molecule has 1 saturated carbocycles. The predicted octanol–water partition coefficient (Wildman–Crippen LogP) is 1.47. The molecule has 0 bridgehead atoms. The van der Waals surface area contributed by atoms with Crippen molar-refractivity contribution in [2.24, 2.45) is 11.1 Å². The number of hydrogen-bond donors (Lipinski definition) is 1. The van der Waals surface area contributed by atoms with Crippen molar-refractivity contribution in [3.8, 4) is 0 Å². The Labute approximate surface area is 94.0 Å². The summed E-state index contributed by atoms with van der Waals surface area (Å²) in [5.74, 6) is 0. The summed E-state index contributed by atoms with van der Waals surface area (Å²) in [7, 11) is 1.77. The van der Waals surface area contributed by atoms with Crippen LogP contribution in [0.15, 0.2) is 0 Å². The van der Waals surface area contributed by atoms with E-state index in [1.54, 1.807) is 7.11 Å². The fourth-order valence-electron chi connectivity index (χ4n) is 1.96. The molecule has 0 aliphatic heterocycles. The highest BCUT2D eigenvalue weighted by Gasteiger charge is 2.42. The Balaban J connectivity index is 2.41. The van der Waals surface area contributed by atoms with Gasteiger partial charge in [-0.15, -0.1) is 0 Å². The minimum absolute atomic E-state index is 0.442. The third kappa shape index (κ3) is 3.74. The molecule has 3 nitrogen and oxygen atoms in total. The highest BCUT2D eigenvalue weighted by atomic mass is 16.5. The standard InChI is InChI=1S/C12H26N2O/c1-4-11(2)14(7-8-15-3)10-12(9-13)5-6-12/h11H,4-10,13H2,1-3H3. The zero-order chi connectivity index (χ0) is 11.3. The van der Waals surface area contributed by atoms with Crippen molar-refractivity contribution in [1.29, 1.82) is 0 Å². The maximum absolute atomic E-state index is 5.83. The topological polar surface area (TPSA) is 38.5 Å². The molecule has 15 heavy (non-hydrogen) atoms. The predicted molar refractivity (Wildman–Crippen MR) is 63.9 cm³/mol. The monoisotopic (exact) mass is 214 g/mol. The van der Waals surface area contributed by atoms with Gasteiger partial charge in [0.2, 0.25) is 0 Å². The van der Waals surface area contributed by atoms with Crippen LogP contribution in [0.1, 0.15) is 33.1 Å². The van der Waals surface area contributed by atoms with E-state index < -0.39 is 0 Å². The number of nitrogens with zero attached hydrogens (tertiary/aromatic N) is 1. The summed E-state index contributed by atoms with van der Waals surface area (Å²) in [6.45, 7) is 8.39. The highest BCUT2D eigenvalue weighted by molar-refractivity contribution is 4.96. The minimum atomic E-state index is 0.442. The Hall–Kier alpha value is -0.120. The normalized spacial score (nSPS) is 20.6. The van der Waals surface area contributed by atoms with E-state index in [4.69, 9.17) is 10.5 Å². The van der Waals surface area contributed by atoms with E-state index in [0.29, 0.717) is 11.5 Å². The van der Waals surface area contributed by atoms with Gasteiger partial charge < -0.3 is 10.5 Å². The number of rotatable bonds is 8. The summed E-state index contributed by atoms with van der Waals surface area (Å²) in [5.41, 5.74) is 6.27. The first-order valence-electron chi connectivity index (χ1n) is 6.10.